The van der Waals surface area contributed by atoms with Crippen molar-refractivity contribution < 1.29 is 9.18 Å². The number of nitrogen functional groups attached to an aromatic ring is 1. The standard InChI is InChI=1S/C14H15FN4O/c1-8-5-11(3-4-12(8)15)18-14(20)10-6-9(2)17-13(7-10)19-16/h3-7H,16H2,1-2H3,(H,17,19)(H,18,20). The fourth-order valence-electron chi connectivity index (χ4n) is 1.80. The van der Waals surface area contributed by atoms with Crippen LogP contribution in [0.15, 0.2) is 30.3 Å². The van der Waals surface area contributed by atoms with Gasteiger partial charge in [0.05, 0.1) is 0 Å². The van der Waals surface area contributed by atoms with E-state index in [1.165, 1.54) is 12.1 Å². The Kier molecular flexibility index (Phi) is 3.95. The van der Waals surface area contributed by atoms with Crippen LogP contribution in [-0.4, -0.2) is 10.9 Å². The minimum absolute atomic E-state index is 0.307. The molecule has 20 heavy (non-hydrogen) atoms. The molecule has 0 unspecified atom stereocenters. The summed E-state index contributed by atoms with van der Waals surface area (Å²) in [5, 5.41) is 2.70. The summed E-state index contributed by atoms with van der Waals surface area (Å²) < 4.78 is 13.2. The number of benzene rings is 1. The molecule has 0 fully saturated rings. The van der Waals surface area contributed by atoms with E-state index in [0.29, 0.717) is 28.3 Å². The van der Waals surface area contributed by atoms with Gasteiger partial charge < -0.3 is 10.7 Å². The topological polar surface area (TPSA) is 80.0 Å². The van der Waals surface area contributed by atoms with E-state index in [2.05, 4.69) is 15.7 Å². The molecule has 1 aromatic heterocycles. The van der Waals surface area contributed by atoms with E-state index >= 15 is 0 Å². The van der Waals surface area contributed by atoms with Crippen molar-refractivity contribution in [2.24, 2.45) is 5.84 Å². The van der Waals surface area contributed by atoms with Gasteiger partial charge in [-0.25, -0.2) is 15.2 Å². The van der Waals surface area contributed by atoms with Gasteiger partial charge >= 0.3 is 0 Å². The molecule has 0 saturated carbocycles. The number of hydrogen-bond acceptors (Lipinski definition) is 4. The maximum Gasteiger partial charge on any atom is 0.255 e. The summed E-state index contributed by atoms with van der Waals surface area (Å²) in [6.45, 7) is 3.40. The van der Waals surface area contributed by atoms with E-state index in [0.717, 1.165) is 0 Å². The third-order valence-corrected chi connectivity index (χ3v) is 2.78. The Bertz CT molecular complexity index is 658. The number of aromatic nitrogens is 1. The highest BCUT2D eigenvalue weighted by Crippen LogP contribution is 2.16. The molecule has 0 radical (unpaired) electrons. The Morgan fingerprint density at radius 2 is 2.00 bits per heavy atom. The van der Waals surface area contributed by atoms with Crippen LogP contribution in [0.3, 0.4) is 0 Å². The molecule has 0 saturated heterocycles. The quantitative estimate of drug-likeness (QED) is 0.593. The first-order valence-electron chi connectivity index (χ1n) is 6.02. The number of rotatable bonds is 3. The average molecular weight is 274 g/mol. The van der Waals surface area contributed by atoms with Crippen LogP contribution in [0.4, 0.5) is 15.9 Å². The number of aryl methyl sites for hydroxylation is 2. The first kappa shape index (κ1) is 14.0. The highest BCUT2D eigenvalue weighted by Gasteiger charge is 2.09. The number of anilines is 2. The van der Waals surface area contributed by atoms with Gasteiger partial charge in [0.1, 0.15) is 11.6 Å². The van der Waals surface area contributed by atoms with Gasteiger partial charge in [0.15, 0.2) is 0 Å². The van der Waals surface area contributed by atoms with Gasteiger partial charge in [-0.05, 0) is 49.7 Å². The second kappa shape index (κ2) is 5.66. The second-order valence-electron chi connectivity index (χ2n) is 4.44. The number of nitrogens with one attached hydrogen (secondary N) is 2. The first-order chi connectivity index (χ1) is 9.49. The van der Waals surface area contributed by atoms with Crippen LogP contribution in [0.1, 0.15) is 21.6 Å². The van der Waals surface area contributed by atoms with Crippen LogP contribution in [0.5, 0.6) is 0 Å². The van der Waals surface area contributed by atoms with E-state index in [-0.39, 0.29) is 11.7 Å². The van der Waals surface area contributed by atoms with Crippen molar-refractivity contribution >= 4 is 17.4 Å². The summed E-state index contributed by atoms with van der Waals surface area (Å²) in [6.07, 6.45) is 0. The predicted molar refractivity (Wildman–Crippen MR) is 75.9 cm³/mol. The number of nitrogens with zero attached hydrogens (tertiary/aromatic N) is 1. The van der Waals surface area contributed by atoms with Gasteiger partial charge in [-0.15, -0.1) is 0 Å². The molecule has 6 heteroatoms. The van der Waals surface area contributed by atoms with E-state index < -0.39 is 0 Å². The summed E-state index contributed by atoms with van der Waals surface area (Å²) in [4.78, 5) is 16.2. The molecule has 0 spiro atoms. The van der Waals surface area contributed by atoms with Crippen LogP contribution >= 0.6 is 0 Å². The zero-order valence-corrected chi connectivity index (χ0v) is 11.2. The molecule has 5 nitrogen and oxygen atoms in total. The Hall–Kier alpha value is -2.47. The van der Waals surface area contributed by atoms with Crippen LogP contribution in [0.2, 0.25) is 0 Å². The van der Waals surface area contributed by atoms with Crippen molar-refractivity contribution in [2.45, 2.75) is 13.8 Å². The highest BCUT2D eigenvalue weighted by atomic mass is 19.1. The van der Waals surface area contributed by atoms with Crippen LogP contribution in [0, 0.1) is 19.7 Å². The second-order valence-corrected chi connectivity index (χ2v) is 4.44. The number of halogens is 1. The van der Waals surface area contributed by atoms with E-state index in [9.17, 15) is 9.18 Å². The van der Waals surface area contributed by atoms with Crippen LogP contribution in [0.25, 0.3) is 0 Å². The zero-order chi connectivity index (χ0) is 14.7. The van der Waals surface area contributed by atoms with Gasteiger partial charge in [-0.2, -0.15) is 0 Å². The third-order valence-electron chi connectivity index (χ3n) is 2.78. The van der Waals surface area contributed by atoms with Crippen molar-refractivity contribution in [2.75, 3.05) is 10.7 Å². The monoisotopic (exact) mass is 274 g/mol. The molecule has 1 amide bonds. The van der Waals surface area contributed by atoms with E-state index in [1.54, 1.807) is 32.0 Å². The molecule has 104 valence electrons. The number of pyridine rings is 1. The van der Waals surface area contributed by atoms with Crippen molar-refractivity contribution in [1.82, 2.24) is 4.98 Å². The molecule has 4 N–H and O–H groups in total. The largest absolute Gasteiger partial charge is 0.322 e. The number of nitrogens with two attached hydrogens (primary N) is 1. The Morgan fingerprint density at radius 3 is 2.65 bits per heavy atom. The molecule has 0 aliphatic heterocycles. The Labute approximate surface area is 116 Å². The lowest BCUT2D eigenvalue weighted by molar-refractivity contribution is 0.102. The molecule has 0 bridgehead atoms. The molecule has 1 heterocycles. The fourth-order valence-corrected chi connectivity index (χ4v) is 1.80. The maximum absolute atomic E-state index is 13.2. The summed E-state index contributed by atoms with van der Waals surface area (Å²) in [6, 6.07) is 7.58. The summed E-state index contributed by atoms with van der Waals surface area (Å²) >= 11 is 0. The number of hydrazine groups is 1. The molecule has 0 aliphatic carbocycles. The minimum atomic E-state index is -0.308. The molecule has 2 aromatic rings. The number of amides is 1. The van der Waals surface area contributed by atoms with Crippen LogP contribution in [-0.2, 0) is 0 Å². The van der Waals surface area contributed by atoms with Gasteiger partial charge in [-0.3, -0.25) is 4.79 Å². The molecule has 1 aromatic carbocycles. The molecule has 2 rings (SSSR count). The molecular weight excluding hydrogens is 259 g/mol. The van der Waals surface area contributed by atoms with Gasteiger partial charge in [0.25, 0.3) is 5.91 Å². The van der Waals surface area contributed by atoms with Crippen molar-refractivity contribution in [3.8, 4) is 0 Å². The van der Waals surface area contributed by atoms with Crippen molar-refractivity contribution in [3.63, 3.8) is 0 Å². The summed E-state index contributed by atoms with van der Waals surface area (Å²) in [7, 11) is 0. The average Bonchev–Trinajstić information content (AvgIpc) is 2.42. The number of hydrogen-bond donors (Lipinski definition) is 3. The lowest BCUT2D eigenvalue weighted by Crippen LogP contribution is -2.15. The maximum atomic E-state index is 13.2. The Balaban J connectivity index is 2.23. The predicted octanol–water partition coefficient (Wildman–Crippen LogP) is 2.38. The molecule has 0 aliphatic rings. The number of carbonyl (C=O) groups is 1. The molecule has 0 atom stereocenters. The normalized spacial score (nSPS) is 10.2. The molecular formula is C14H15FN4O. The Morgan fingerprint density at radius 1 is 1.25 bits per heavy atom. The van der Waals surface area contributed by atoms with Crippen molar-refractivity contribution in [1.29, 1.82) is 0 Å². The van der Waals surface area contributed by atoms with Gasteiger partial charge in [-0.1, -0.05) is 0 Å². The minimum Gasteiger partial charge on any atom is -0.322 e. The van der Waals surface area contributed by atoms with Crippen LogP contribution < -0.4 is 16.6 Å². The first-order valence-corrected chi connectivity index (χ1v) is 6.02. The summed E-state index contributed by atoms with van der Waals surface area (Å²) in [5.74, 6) is 5.08. The van der Waals surface area contributed by atoms with E-state index in [4.69, 9.17) is 5.84 Å². The zero-order valence-electron chi connectivity index (χ0n) is 11.2. The lowest BCUT2D eigenvalue weighted by Gasteiger charge is -2.08. The third kappa shape index (κ3) is 3.10. The SMILES string of the molecule is Cc1cc(C(=O)Nc2ccc(F)c(C)c2)cc(NN)n1. The lowest BCUT2D eigenvalue weighted by atomic mass is 10.2. The smallest absolute Gasteiger partial charge is 0.255 e. The summed E-state index contributed by atoms with van der Waals surface area (Å²) in [5.41, 5.74) is 4.50. The van der Waals surface area contributed by atoms with E-state index in [1.807, 2.05) is 0 Å². The highest BCUT2D eigenvalue weighted by molar-refractivity contribution is 6.04. The fraction of sp³-hybridized carbons (Fsp3) is 0.143. The number of carbonyl (C=O) groups excluding carboxylic acids is 1. The van der Waals surface area contributed by atoms with Crippen molar-refractivity contribution in [3.05, 3.63) is 53.0 Å². The van der Waals surface area contributed by atoms with Gasteiger partial charge in [0.2, 0.25) is 0 Å². The van der Waals surface area contributed by atoms with Gasteiger partial charge in [0, 0.05) is 16.9 Å².